The van der Waals surface area contributed by atoms with E-state index in [1.807, 2.05) is 48.5 Å². The average molecular weight is 638 g/mol. The fourth-order valence-corrected chi connectivity index (χ4v) is 6.18. The van der Waals surface area contributed by atoms with Crippen LogP contribution in [0.15, 0.2) is 65.7 Å². The third-order valence-corrected chi connectivity index (χ3v) is 8.61. The van der Waals surface area contributed by atoms with Crippen LogP contribution < -0.4 is 32.7 Å². The van der Waals surface area contributed by atoms with Gasteiger partial charge in [0.25, 0.3) is 11.8 Å². The standard InChI is InChI=1S/C29H31N7O6S2/c30-29(31)32-11-5-8-18(35-28(42)23-13-17-7-2-4-10-21(17)44-23)26(40)36-19(25(39)34-15-24(37)38)14-33-27(41)22-12-16-6-1-3-9-20(16)43-22/h1-4,6-7,9-10,12-13,18-19H,5,8,11,14-15H2,(H,33,41)(H,34,39)(H,35,42)(H,36,40)(H,37,38)(H4,30,31,32). The van der Waals surface area contributed by atoms with Crippen molar-refractivity contribution in [1.82, 2.24) is 21.3 Å². The lowest BCUT2D eigenvalue weighted by molar-refractivity contribution is -0.138. The fourth-order valence-electron chi connectivity index (χ4n) is 4.24. The Bertz CT molecular complexity index is 1650. The monoisotopic (exact) mass is 637 g/mol. The van der Waals surface area contributed by atoms with Crippen molar-refractivity contribution in [2.75, 3.05) is 19.6 Å². The lowest BCUT2D eigenvalue weighted by Crippen LogP contribution is -2.57. The van der Waals surface area contributed by atoms with Gasteiger partial charge in [0.15, 0.2) is 5.96 Å². The third kappa shape index (κ3) is 8.75. The number of hydrogen-bond acceptors (Lipinski definition) is 8. The largest absolute Gasteiger partial charge is 0.480 e. The molecule has 0 radical (unpaired) electrons. The fraction of sp³-hybridized carbons (Fsp3) is 0.241. The Morgan fingerprint density at radius 3 is 1.93 bits per heavy atom. The molecule has 0 saturated carbocycles. The van der Waals surface area contributed by atoms with Crippen molar-refractivity contribution in [3.63, 3.8) is 0 Å². The molecule has 0 aliphatic carbocycles. The molecule has 4 rings (SSSR count). The summed E-state index contributed by atoms with van der Waals surface area (Å²) in [6.07, 6.45) is 0.443. The van der Waals surface area contributed by atoms with E-state index in [1.165, 1.54) is 22.7 Å². The number of carboxylic acids is 1. The van der Waals surface area contributed by atoms with Crippen molar-refractivity contribution < 1.29 is 29.1 Å². The molecule has 0 fully saturated rings. The maximum absolute atomic E-state index is 13.5. The molecule has 2 heterocycles. The summed E-state index contributed by atoms with van der Waals surface area (Å²) in [7, 11) is 0. The molecule has 0 saturated heterocycles. The number of nitrogens with two attached hydrogens (primary N) is 2. The number of fused-ring (bicyclic) bond motifs is 2. The highest BCUT2D eigenvalue weighted by molar-refractivity contribution is 7.21. The second-order valence-electron chi connectivity index (χ2n) is 9.65. The minimum atomic E-state index is -1.35. The van der Waals surface area contributed by atoms with Crippen molar-refractivity contribution in [2.45, 2.75) is 24.9 Å². The van der Waals surface area contributed by atoms with Crippen molar-refractivity contribution in [3.05, 3.63) is 70.4 Å². The van der Waals surface area contributed by atoms with E-state index in [2.05, 4.69) is 26.3 Å². The maximum Gasteiger partial charge on any atom is 0.322 e. The van der Waals surface area contributed by atoms with Gasteiger partial charge < -0.3 is 37.8 Å². The van der Waals surface area contributed by atoms with Crippen LogP contribution in [0.3, 0.4) is 0 Å². The second kappa shape index (κ2) is 14.9. The van der Waals surface area contributed by atoms with Crippen LogP contribution >= 0.6 is 22.7 Å². The molecule has 2 unspecified atom stereocenters. The minimum absolute atomic E-state index is 0.121. The zero-order valence-electron chi connectivity index (χ0n) is 23.4. The average Bonchev–Trinajstić information content (AvgIpc) is 3.64. The van der Waals surface area contributed by atoms with E-state index in [1.54, 1.807) is 12.1 Å². The Kier molecular flexibility index (Phi) is 10.8. The zero-order chi connectivity index (χ0) is 31.6. The van der Waals surface area contributed by atoms with Crippen molar-refractivity contribution in [2.24, 2.45) is 16.5 Å². The molecule has 9 N–H and O–H groups in total. The summed E-state index contributed by atoms with van der Waals surface area (Å²) in [6, 6.07) is 15.9. The van der Waals surface area contributed by atoms with E-state index in [0.717, 1.165) is 20.2 Å². The number of carbonyl (C=O) groups excluding carboxylic acids is 4. The molecule has 2 aromatic carbocycles. The molecule has 0 bridgehead atoms. The van der Waals surface area contributed by atoms with Gasteiger partial charge in [-0.05, 0) is 47.9 Å². The lowest BCUT2D eigenvalue weighted by Gasteiger charge is -2.23. The van der Waals surface area contributed by atoms with E-state index >= 15 is 0 Å². The number of carboxylic acid groups (broad SMARTS) is 1. The molecule has 2 atom stereocenters. The van der Waals surface area contributed by atoms with Gasteiger partial charge in [-0.3, -0.25) is 29.0 Å². The number of nitrogens with zero attached hydrogens (tertiary/aromatic N) is 1. The predicted octanol–water partition coefficient (Wildman–Crippen LogP) is 1.38. The number of carbonyl (C=O) groups is 5. The summed E-state index contributed by atoms with van der Waals surface area (Å²) in [5.41, 5.74) is 10.8. The Hall–Kier alpha value is -5.02. The molecule has 13 nitrogen and oxygen atoms in total. The van der Waals surface area contributed by atoms with Crippen LogP contribution in [-0.2, 0) is 14.4 Å². The lowest BCUT2D eigenvalue weighted by atomic mass is 10.1. The van der Waals surface area contributed by atoms with Gasteiger partial charge in [0, 0.05) is 22.5 Å². The molecule has 2 aromatic heterocycles. The topological polar surface area (TPSA) is 218 Å². The molecule has 0 spiro atoms. The summed E-state index contributed by atoms with van der Waals surface area (Å²) >= 11 is 2.53. The number of hydrogen-bond donors (Lipinski definition) is 7. The van der Waals surface area contributed by atoms with Gasteiger partial charge in [0.1, 0.15) is 18.6 Å². The first-order valence-corrected chi connectivity index (χ1v) is 15.2. The van der Waals surface area contributed by atoms with Gasteiger partial charge in [0.05, 0.1) is 9.75 Å². The van der Waals surface area contributed by atoms with Crippen LogP contribution in [0.25, 0.3) is 20.2 Å². The van der Waals surface area contributed by atoms with Crippen molar-refractivity contribution in [3.8, 4) is 0 Å². The normalized spacial score (nSPS) is 12.2. The van der Waals surface area contributed by atoms with Crippen LogP contribution in [-0.4, -0.2) is 72.4 Å². The highest BCUT2D eigenvalue weighted by atomic mass is 32.1. The highest BCUT2D eigenvalue weighted by Gasteiger charge is 2.28. The molecule has 4 amide bonds. The van der Waals surface area contributed by atoms with E-state index < -0.39 is 48.2 Å². The van der Waals surface area contributed by atoms with Crippen LogP contribution in [0, 0.1) is 0 Å². The summed E-state index contributed by atoms with van der Waals surface area (Å²) in [6.45, 7) is -0.839. The van der Waals surface area contributed by atoms with Crippen molar-refractivity contribution >= 4 is 78.4 Å². The number of guanidine groups is 1. The molecule has 44 heavy (non-hydrogen) atoms. The molecule has 0 aliphatic heterocycles. The molecule has 0 aliphatic rings. The molecule has 15 heteroatoms. The Balaban J connectivity index is 1.49. The number of amides is 4. The van der Waals surface area contributed by atoms with Gasteiger partial charge in [-0.2, -0.15) is 0 Å². The quantitative estimate of drug-likeness (QED) is 0.0607. The summed E-state index contributed by atoms with van der Waals surface area (Å²) in [4.78, 5) is 68.2. The summed E-state index contributed by atoms with van der Waals surface area (Å²) < 4.78 is 1.80. The van der Waals surface area contributed by atoms with Gasteiger partial charge in [-0.15, -0.1) is 22.7 Å². The maximum atomic E-state index is 13.5. The SMILES string of the molecule is NC(N)=NCCCC(NC(=O)c1cc2ccccc2s1)C(=O)NC(CNC(=O)c1cc2ccccc2s1)C(=O)NCC(=O)O. The van der Waals surface area contributed by atoms with Crippen molar-refractivity contribution in [1.29, 1.82) is 0 Å². The molecule has 230 valence electrons. The second-order valence-corrected chi connectivity index (χ2v) is 11.8. The molecule has 4 aromatic rings. The Morgan fingerprint density at radius 1 is 0.773 bits per heavy atom. The summed E-state index contributed by atoms with van der Waals surface area (Å²) in [5, 5.41) is 20.9. The smallest absolute Gasteiger partial charge is 0.322 e. The van der Waals surface area contributed by atoms with Gasteiger partial charge >= 0.3 is 5.97 Å². The van der Waals surface area contributed by atoms with Crippen LogP contribution in [0.4, 0.5) is 0 Å². The number of aliphatic imine (C=N–C) groups is 1. The highest BCUT2D eigenvalue weighted by Crippen LogP contribution is 2.26. The Morgan fingerprint density at radius 2 is 1.36 bits per heavy atom. The number of rotatable bonds is 14. The summed E-state index contributed by atoms with van der Waals surface area (Å²) in [5.74, 6) is -3.90. The van der Waals surface area contributed by atoms with E-state index in [0.29, 0.717) is 16.2 Å². The number of benzene rings is 2. The van der Waals surface area contributed by atoms with Crippen LogP contribution in [0.1, 0.15) is 32.2 Å². The van der Waals surface area contributed by atoms with E-state index in [9.17, 15) is 24.0 Å². The zero-order valence-corrected chi connectivity index (χ0v) is 25.0. The van der Waals surface area contributed by atoms with Crippen LogP contribution in [0.5, 0.6) is 0 Å². The van der Waals surface area contributed by atoms with E-state index in [-0.39, 0.29) is 25.5 Å². The number of thiophene rings is 2. The number of nitrogens with one attached hydrogen (secondary N) is 4. The first-order chi connectivity index (χ1) is 21.1. The first kappa shape index (κ1) is 31.9. The number of aliphatic carboxylic acids is 1. The van der Waals surface area contributed by atoms with E-state index in [4.69, 9.17) is 16.6 Å². The molecular formula is C29H31N7O6S2. The Labute approximate surface area is 259 Å². The first-order valence-electron chi connectivity index (χ1n) is 13.5. The van der Waals surface area contributed by atoms with Gasteiger partial charge in [-0.25, -0.2) is 0 Å². The van der Waals surface area contributed by atoms with Gasteiger partial charge in [0.2, 0.25) is 11.8 Å². The predicted molar refractivity (Wildman–Crippen MR) is 170 cm³/mol. The molecular weight excluding hydrogens is 606 g/mol. The third-order valence-electron chi connectivity index (χ3n) is 6.38. The minimum Gasteiger partial charge on any atom is -0.480 e. The van der Waals surface area contributed by atoms with Gasteiger partial charge in [-0.1, -0.05) is 36.4 Å². The van der Waals surface area contributed by atoms with Crippen LogP contribution in [0.2, 0.25) is 0 Å².